The predicted molar refractivity (Wildman–Crippen MR) is 34.5 cm³/mol. The second-order valence-corrected chi connectivity index (χ2v) is 2.71. The van der Waals surface area contributed by atoms with Crippen LogP contribution in [0.4, 0.5) is 0 Å². The molecular weight excluding hydrogens is 116 g/mol. The minimum absolute atomic E-state index is 0.125. The van der Waals surface area contributed by atoms with Gasteiger partial charge in [-0.2, -0.15) is 0 Å². The van der Waals surface area contributed by atoms with Gasteiger partial charge in [0.2, 0.25) is 0 Å². The molecule has 0 spiro atoms. The van der Waals surface area contributed by atoms with Crippen molar-refractivity contribution in [2.75, 3.05) is 0 Å². The van der Waals surface area contributed by atoms with Crippen LogP contribution in [0, 0.1) is 13.8 Å². The van der Waals surface area contributed by atoms with Crippen molar-refractivity contribution < 1.29 is 9.47 Å². The van der Waals surface area contributed by atoms with Gasteiger partial charge in [0.05, 0.1) is 12.2 Å². The molecule has 1 fully saturated rings. The van der Waals surface area contributed by atoms with Crippen molar-refractivity contribution >= 4 is 0 Å². The summed E-state index contributed by atoms with van der Waals surface area (Å²) < 4.78 is 10.5. The molecule has 0 aromatic carbocycles. The Morgan fingerprint density at radius 3 is 1.56 bits per heavy atom. The van der Waals surface area contributed by atoms with Crippen LogP contribution in [0.15, 0.2) is 0 Å². The fraction of sp³-hybridized carbons (Fsp3) is 0.714. The number of hydrogen-bond donors (Lipinski definition) is 0. The van der Waals surface area contributed by atoms with E-state index >= 15 is 0 Å². The minimum Gasteiger partial charge on any atom is -0.345 e. The fourth-order valence-electron chi connectivity index (χ4n) is 0.909. The Kier molecular flexibility index (Phi) is 1.53. The second kappa shape index (κ2) is 1.96. The molecule has 1 saturated heterocycles. The summed E-state index contributed by atoms with van der Waals surface area (Å²) in [6, 6.07) is 0. The molecule has 0 aliphatic carbocycles. The summed E-state index contributed by atoms with van der Waals surface area (Å²) in [4.78, 5) is 0. The van der Waals surface area contributed by atoms with E-state index in [1.165, 1.54) is 0 Å². The van der Waals surface area contributed by atoms with Gasteiger partial charge in [0, 0.05) is 0 Å². The van der Waals surface area contributed by atoms with E-state index in [1.54, 1.807) is 0 Å². The molecule has 0 N–H and O–H groups in total. The Bertz CT molecular complexity index is 97.5. The summed E-state index contributed by atoms with van der Waals surface area (Å²) in [5, 5.41) is 0. The predicted octanol–water partition coefficient (Wildman–Crippen LogP) is 1.17. The van der Waals surface area contributed by atoms with E-state index in [0.717, 1.165) is 0 Å². The lowest BCUT2D eigenvalue weighted by atomic mass is 10.3. The SMILES string of the molecule is [CH2]C1OC(C)(C)OC1[CH2]. The van der Waals surface area contributed by atoms with Gasteiger partial charge >= 0.3 is 0 Å². The zero-order valence-corrected chi connectivity index (χ0v) is 5.89. The van der Waals surface area contributed by atoms with Crippen LogP contribution in [0.2, 0.25) is 0 Å². The number of rotatable bonds is 0. The van der Waals surface area contributed by atoms with Gasteiger partial charge in [-0.1, -0.05) is 0 Å². The van der Waals surface area contributed by atoms with Crippen LogP contribution in [-0.4, -0.2) is 18.0 Å². The summed E-state index contributed by atoms with van der Waals surface area (Å²) in [6.07, 6.45) is -0.250. The average Bonchev–Trinajstić information content (AvgIpc) is 1.79. The molecule has 9 heavy (non-hydrogen) atoms. The van der Waals surface area contributed by atoms with E-state index in [0.29, 0.717) is 0 Å². The standard InChI is InChI=1S/C7H12O2/c1-5-6(2)9-7(3,4)8-5/h5-6H,1-2H2,3-4H3. The Morgan fingerprint density at radius 1 is 1.11 bits per heavy atom. The van der Waals surface area contributed by atoms with E-state index in [9.17, 15) is 0 Å². The van der Waals surface area contributed by atoms with E-state index in [2.05, 4.69) is 13.8 Å². The summed E-state index contributed by atoms with van der Waals surface area (Å²) in [5.74, 6) is -0.487. The monoisotopic (exact) mass is 128 g/mol. The van der Waals surface area contributed by atoms with Crippen molar-refractivity contribution in [2.24, 2.45) is 0 Å². The lowest BCUT2D eigenvalue weighted by Gasteiger charge is -2.15. The molecule has 0 aromatic rings. The van der Waals surface area contributed by atoms with Crippen molar-refractivity contribution in [1.82, 2.24) is 0 Å². The van der Waals surface area contributed by atoms with Gasteiger partial charge in [-0.05, 0) is 27.7 Å². The first kappa shape index (κ1) is 7.03. The van der Waals surface area contributed by atoms with Crippen LogP contribution in [0.5, 0.6) is 0 Å². The smallest absolute Gasteiger partial charge is 0.163 e. The highest BCUT2D eigenvalue weighted by Gasteiger charge is 2.35. The maximum absolute atomic E-state index is 5.27. The maximum Gasteiger partial charge on any atom is 0.163 e. The Balaban J connectivity index is 2.54. The van der Waals surface area contributed by atoms with Crippen LogP contribution in [0.1, 0.15) is 13.8 Å². The van der Waals surface area contributed by atoms with Gasteiger partial charge in [0.1, 0.15) is 0 Å². The molecule has 2 atom stereocenters. The number of ether oxygens (including phenoxy) is 2. The third-order valence-electron chi connectivity index (χ3n) is 1.29. The molecule has 2 radical (unpaired) electrons. The summed E-state index contributed by atoms with van der Waals surface area (Å²) in [5.41, 5.74) is 0. The van der Waals surface area contributed by atoms with Gasteiger partial charge in [0.15, 0.2) is 5.79 Å². The Morgan fingerprint density at radius 2 is 1.44 bits per heavy atom. The third-order valence-corrected chi connectivity index (χ3v) is 1.29. The summed E-state index contributed by atoms with van der Waals surface area (Å²) >= 11 is 0. The molecule has 0 bridgehead atoms. The molecule has 52 valence electrons. The van der Waals surface area contributed by atoms with Crippen molar-refractivity contribution in [2.45, 2.75) is 31.8 Å². The van der Waals surface area contributed by atoms with Crippen molar-refractivity contribution in [3.8, 4) is 0 Å². The molecule has 0 aromatic heterocycles. The van der Waals surface area contributed by atoms with Crippen LogP contribution in [0.25, 0.3) is 0 Å². The summed E-state index contributed by atoms with van der Waals surface area (Å²) in [7, 11) is 0. The molecule has 1 heterocycles. The quantitative estimate of drug-likeness (QED) is 0.487. The van der Waals surface area contributed by atoms with Crippen LogP contribution in [-0.2, 0) is 9.47 Å². The van der Waals surface area contributed by atoms with E-state index in [4.69, 9.17) is 9.47 Å². The molecule has 2 heteroatoms. The van der Waals surface area contributed by atoms with Crippen LogP contribution in [0.3, 0.4) is 0 Å². The highest BCUT2D eigenvalue weighted by atomic mass is 16.7. The van der Waals surface area contributed by atoms with Crippen molar-refractivity contribution in [1.29, 1.82) is 0 Å². The molecular formula is C7H12O2. The van der Waals surface area contributed by atoms with Gasteiger partial charge in [0.25, 0.3) is 0 Å². The lowest BCUT2D eigenvalue weighted by Crippen LogP contribution is -2.20. The molecule has 0 amide bonds. The largest absolute Gasteiger partial charge is 0.345 e. The zero-order valence-electron chi connectivity index (χ0n) is 5.89. The van der Waals surface area contributed by atoms with E-state index < -0.39 is 5.79 Å². The highest BCUT2D eigenvalue weighted by molar-refractivity contribution is 4.83. The second-order valence-electron chi connectivity index (χ2n) is 2.71. The zero-order chi connectivity index (χ0) is 7.07. The summed E-state index contributed by atoms with van der Waals surface area (Å²) in [6.45, 7) is 11.1. The van der Waals surface area contributed by atoms with Gasteiger partial charge < -0.3 is 9.47 Å². The molecule has 0 saturated carbocycles. The molecule has 1 aliphatic rings. The number of hydrogen-bond acceptors (Lipinski definition) is 2. The van der Waals surface area contributed by atoms with Gasteiger partial charge in [-0.15, -0.1) is 0 Å². The lowest BCUT2D eigenvalue weighted by molar-refractivity contribution is -0.139. The Hall–Kier alpha value is -0.0800. The van der Waals surface area contributed by atoms with Gasteiger partial charge in [-0.25, -0.2) is 0 Å². The van der Waals surface area contributed by atoms with Crippen LogP contribution >= 0.6 is 0 Å². The van der Waals surface area contributed by atoms with Crippen molar-refractivity contribution in [3.05, 3.63) is 13.8 Å². The molecule has 2 unspecified atom stereocenters. The normalized spacial score (nSPS) is 41.3. The molecule has 1 rings (SSSR count). The Labute approximate surface area is 56.2 Å². The van der Waals surface area contributed by atoms with Gasteiger partial charge in [-0.3, -0.25) is 0 Å². The van der Waals surface area contributed by atoms with Crippen LogP contribution < -0.4 is 0 Å². The van der Waals surface area contributed by atoms with E-state index in [1.807, 2.05) is 13.8 Å². The maximum atomic E-state index is 5.27. The topological polar surface area (TPSA) is 18.5 Å². The molecule has 1 aliphatic heterocycles. The average molecular weight is 128 g/mol. The minimum atomic E-state index is -0.487. The molecule has 2 nitrogen and oxygen atoms in total. The van der Waals surface area contributed by atoms with E-state index in [-0.39, 0.29) is 12.2 Å². The highest BCUT2D eigenvalue weighted by Crippen LogP contribution is 2.26. The fourth-order valence-corrected chi connectivity index (χ4v) is 0.909. The third kappa shape index (κ3) is 1.43. The first-order chi connectivity index (χ1) is 4.01. The first-order valence-electron chi connectivity index (χ1n) is 3.03. The first-order valence-corrected chi connectivity index (χ1v) is 3.03. The van der Waals surface area contributed by atoms with Crippen molar-refractivity contribution in [3.63, 3.8) is 0 Å².